The summed E-state index contributed by atoms with van der Waals surface area (Å²) in [6.45, 7) is 1.45. The second-order valence-corrected chi connectivity index (χ2v) is 41.3. The van der Waals surface area contributed by atoms with E-state index in [0.717, 1.165) is 80.6 Å². The molecule has 0 aromatic heterocycles. The zero-order valence-electron chi connectivity index (χ0n) is 68.8. The van der Waals surface area contributed by atoms with Crippen LogP contribution in [0.25, 0.3) is 0 Å². The van der Waals surface area contributed by atoms with Crippen molar-refractivity contribution in [3.05, 3.63) is 188 Å². The van der Waals surface area contributed by atoms with Crippen LogP contribution in [0.15, 0.2) is 207 Å². The van der Waals surface area contributed by atoms with E-state index in [0.29, 0.717) is 22.0 Å². The van der Waals surface area contributed by atoms with Crippen molar-refractivity contribution >= 4 is 64.1 Å². The molecule has 7 atom stereocenters. The average molecular weight is 1910 g/mol. The predicted molar refractivity (Wildman–Crippen MR) is 423 cm³/mol. The number of rotatable bonds is 27. The molecule has 5 aromatic rings. The van der Waals surface area contributed by atoms with Gasteiger partial charge in [0, 0.05) is 27.1 Å². The van der Waals surface area contributed by atoms with E-state index in [-0.39, 0.29) is 130 Å². The Bertz CT molecular complexity index is 4670. The van der Waals surface area contributed by atoms with Crippen LogP contribution in [0, 0.1) is 53.3 Å². The molecule has 7 unspecified atom stereocenters. The van der Waals surface area contributed by atoms with Gasteiger partial charge < -0.3 is 42.4 Å². The Morgan fingerprint density at radius 2 is 0.810 bits per heavy atom. The minimum atomic E-state index is -6.42. The number of aryl methyl sites for hydroxylation is 1. The molecule has 42 heteroatoms. The Morgan fingerprint density at radius 3 is 1.09 bits per heavy atom. The smallest absolute Gasteiger partial charge is 0.744 e. The van der Waals surface area contributed by atoms with Crippen LogP contribution in [0.1, 0.15) is 109 Å². The minimum absolute atomic E-state index is 0. The Balaban J connectivity index is 0.000000200. The number of ether oxygens (including phenoxy) is 8. The van der Waals surface area contributed by atoms with Crippen LogP contribution in [0.3, 0.4) is 0 Å². The summed E-state index contributed by atoms with van der Waals surface area (Å²) in [6, 6.07) is 40.9. The molecule has 692 valence electrons. The minimum Gasteiger partial charge on any atom is -0.744 e. The average Bonchev–Trinajstić information content (AvgIpc) is 0.721. The van der Waals surface area contributed by atoms with Gasteiger partial charge in [0.25, 0.3) is 16.2 Å². The monoisotopic (exact) mass is 1910 g/mol. The molecule has 10 aliphatic rings. The number of hydrogen-bond donors (Lipinski definition) is 2. The van der Waals surface area contributed by atoms with E-state index in [1.165, 1.54) is 36.1 Å². The first-order chi connectivity index (χ1) is 58.0. The summed E-state index contributed by atoms with van der Waals surface area (Å²) in [5, 5.41) is -5.02. The van der Waals surface area contributed by atoms with E-state index in [9.17, 15) is 114 Å². The van der Waals surface area contributed by atoms with E-state index >= 15 is 0 Å². The van der Waals surface area contributed by atoms with Gasteiger partial charge in [-0.15, -0.1) is 0 Å². The summed E-state index contributed by atoms with van der Waals surface area (Å²) in [7, 11) is -14.3. The number of allylic oxidation sites excluding steroid dienone is 6. The van der Waals surface area contributed by atoms with E-state index < -0.39 is 145 Å². The summed E-state index contributed by atoms with van der Waals surface area (Å²) >= 11 is 0. The summed E-state index contributed by atoms with van der Waals surface area (Å²) in [4.78, 5) is 29.5. The number of benzene rings is 5. The van der Waals surface area contributed by atoms with Crippen molar-refractivity contribution in [3.8, 4) is 11.5 Å². The summed E-state index contributed by atoms with van der Waals surface area (Å²) in [5.74, 6) is -4.69. The summed E-state index contributed by atoms with van der Waals surface area (Å²) in [5.41, 5.74) is -12.0. The molecule has 8 bridgehead atoms. The molecule has 0 amide bonds. The van der Waals surface area contributed by atoms with Crippen molar-refractivity contribution in [1.29, 1.82) is 0 Å². The van der Waals surface area contributed by atoms with Crippen molar-refractivity contribution in [3.63, 3.8) is 0 Å². The van der Waals surface area contributed by atoms with E-state index in [1.54, 1.807) is 36.4 Å². The van der Waals surface area contributed by atoms with Gasteiger partial charge in [0.15, 0.2) is 41.3 Å². The van der Waals surface area contributed by atoms with Crippen LogP contribution >= 0.6 is 0 Å². The number of carbonyl (C=O) groups excluding carboxylic acids is 2. The number of carbonyl (C=O) groups is 2. The van der Waals surface area contributed by atoms with Gasteiger partial charge in [0.2, 0.25) is 0 Å². The predicted octanol–water partition coefficient (Wildman–Crippen LogP) is 16.4. The van der Waals surface area contributed by atoms with Crippen molar-refractivity contribution in [2.24, 2.45) is 46.3 Å². The largest absolute Gasteiger partial charge is 1.00 e. The van der Waals surface area contributed by atoms with Crippen LogP contribution in [-0.4, -0.2) is 167 Å². The molecule has 8 saturated carbocycles. The standard InChI is InChI=1S/2C24H26F3O3S.C15H18F6O5S.C14H17F5O5S.C7H8O3S.Na/c2*1-23(24(25,26)27,30-18-28-2)17-29-19-13-15-22(16-14-19)31(20-9-5-3-6-10-20)21-11-7-4-8-12-21;16-14(17,18)13(15(19,20)21,7-27(23,24)25)26-11(22)12-4-8-1-9(5-12)3-10(2-8)6-12;15-13(16,17)10(14(18,19)25(21,22)23)24-11(20)12-4-7-1-8(5-12)3-9(2-7)6-12;1-6-2-4-7(5-3-6)11(8,9)10;/h2*3-11,13-16,21H,12,17-18H2,1-2H3;8-10H,1-7H2,(H,23,24,25);7-10H,1-6H2,(H,21,22,23);2-5H,1H3,(H,8,9,10);/q2*+1;;;;+1/p-1. The van der Waals surface area contributed by atoms with Gasteiger partial charge in [-0.05, 0) is 230 Å². The molecule has 126 heavy (non-hydrogen) atoms. The van der Waals surface area contributed by atoms with Crippen LogP contribution in [-0.2, 0) is 90.2 Å². The van der Waals surface area contributed by atoms with Gasteiger partial charge in [-0.3, -0.25) is 18.7 Å². The molecule has 10 aliphatic carbocycles. The Labute approximate surface area is 746 Å². The maximum absolute atomic E-state index is 13.6. The fourth-order valence-corrected chi connectivity index (χ4v) is 23.9. The third kappa shape index (κ3) is 26.5. The van der Waals surface area contributed by atoms with Gasteiger partial charge >= 0.3 is 93.4 Å². The maximum atomic E-state index is 13.6. The SMILES string of the molecule is COCOC(C)(COc1ccc([S+](c2ccccc2)C2C=CC=CC2)cc1)C(F)(F)F.COCOC(C)(COc1ccc([S+](c2ccccc2)C2C=CC=CC2)cc1)C(F)(F)F.Cc1ccc(S(=O)(=O)[O-])cc1.O=C(OC(C(F)(F)F)C(F)(F)S(=O)(=O)O)C12CC3CC(CC(C3)C1)C2.O=C(OC(CS(=O)(=O)O)(C(F)(F)F)C(F)(F)F)C12CC3CC(CC(C3)C1)C2.[Na+]. The Kier molecular flexibility index (Phi) is 35.1. The normalized spacial score (nSPS) is 24.9. The molecule has 19 nitrogen and oxygen atoms in total. The number of alkyl halides is 17. The first-order valence-corrected chi connectivity index (χ1v) is 46.1. The fraction of sp³-hybridized carbons (Fsp3) is 0.524. The molecule has 2 N–H and O–H groups in total. The van der Waals surface area contributed by atoms with Gasteiger partial charge in [-0.2, -0.15) is 91.5 Å². The van der Waals surface area contributed by atoms with Crippen LogP contribution < -0.4 is 39.0 Å². The Hall–Kier alpha value is -6.32. The first-order valence-electron chi connectivity index (χ1n) is 39.0. The van der Waals surface area contributed by atoms with Crippen molar-refractivity contribution in [1.82, 2.24) is 0 Å². The molecular weight excluding hydrogens is 1820 g/mol. The number of methoxy groups -OCH3 is 2. The maximum Gasteiger partial charge on any atom is 1.00 e. The second-order valence-electron chi connectivity index (χ2n) is 32.5. The van der Waals surface area contributed by atoms with Gasteiger partial charge in [0.05, 0.1) is 37.5 Å². The number of esters is 2. The molecule has 0 radical (unpaired) electrons. The second kappa shape index (κ2) is 42.1. The zero-order valence-corrected chi connectivity index (χ0v) is 74.8. The zero-order chi connectivity index (χ0) is 92.4. The van der Waals surface area contributed by atoms with Crippen LogP contribution in [0.4, 0.5) is 74.6 Å². The molecular formula is C84H94F17NaO19S5+2. The number of hydrogen-bond acceptors (Lipinski definition) is 17. The van der Waals surface area contributed by atoms with Crippen LogP contribution in [0.2, 0.25) is 0 Å². The molecule has 5 aromatic carbocycles. The van der Waals surface area contributed by atoms with Gasteiger partial charge in [-0.25, -0.2) is 8.42 Å². The summed E-state index contributed by atoms with van der Waals surface area (Å²) in [6.07, 6.45) is -6.90. The molecule has 8 fully saturated rings. The van der Waals surface area contributed by atoms with Crippen molar-refractivity contribution in [2.75, 3.05) is 46.8 Å². The quantitative estimate of drug-likeness (QED) is 0.0123. The third-order valence-electron chi connectivity index (χ3n) is 22.8. The molecule has 0 spiro atoms. The molecule has 0 aliphatic heterocycles. The van der Waals surface area contributed by atoms with Gasteiger partial charge in [-0.1, -0.05) is 90.6 Å². The van der Waals surface area contributed by atoms with Gasteiger partial charge in [0.1, 0.15) is 54.2 Å². The van der Waals surface area contributed by atoms with Crippen molar-refractivity contribution < 1.29 is 191 Å². The van der Waals surface area contributed by atoms with E-state index in [2.05, 4.69) is 79.7 Å². The van der Waals surface area contributed by atoms with Crippen molar-refractivity contribution in [2.45, 2.75) is 205 Å². The molecule has 0 heterocycles. The Morgan fingerprint density at radius 1 is 0.476 bits per heavy atom. The molecule has 0 saturated heterocycles. The number of halogens is 17. The van der Waals surface area contributed by atoms with E-state index in [4.69, 9.17) is 28.1 Å². The topological polar surface area (TPSA) is 274 Å². The third-order valence-corrected chi connectivity index (χ3v) is 30.4. The summed E-state index contributed by atoms with van der Waals surface area (Å²) < 4.78 is 356. The first kappa shape index (κ1) is 105. The molecule has 15 rings (SSSR count). The fourth-order valence-electron chi connectivity index (χ4n) is 17.3. The van der Waals surface area contributed by atoms with E-state index in [1.807, 2.05) is 79.7 Å². The van der Waals surface area contributed by atoms with Crippen LogP contribution in [0.5, 0.6) is 11.5 Å².